The van der Waals surface area contributed by atoms with Crippen LogP contribution in [-0.4, -0.2) is 38.5 Å². The zero-order valence-electron chi connectivity index (χ0n) is 11.5. The Morgan fingerprint density at radius 3 is 2.67 bits per heavy atom. The second-order valence-electron chi connectivity index (χ2n) is 4.86. The molecule has 1 aliphatic rings. The van der Waals surface area contributed by atoms with E-state index in [1.807, 2.05) is 6.07 Å². The Morgan fingerprint density at radius 1 is 1.38 bits per heavy atom. The van der Waals surface area contributed by atoms with Gasteiger partial charge in [0, 0.05) is 30.6 Å². The smallest absolute Gasteiger partial charge is 0.243 e. The van der Waals surface area contributed by atoms with Gasteiger partial charge in [0.25, 0.3) is 0 Å². The van der Waals surface area contributed by atoms with E-state index in [4.69, 9.17) is 10.00 Å². The van der Waals surface area contributed by atoms with Gasteiger partial charge < -0.3 is 4.74 Å². The molecule has 0 N–H and O–H groups in total. The summed E-state index contributed by atoms with van der Waals surface area (Å²) in [5.74, 6) is 0. The van der Waals surface area contributed by atoms with Gasteiger partial charge in [-0.2, -0.15) is 9.57 Å². The van der Waals surface area contributed by atoms with Crippen LogP contribution in [0.5, 0.6) is 0 Å². The van der Waals surface area contributed by atoms with E-state index in [-0.39, 0.29) is 24.0 Å². The van der Waals surface area contributed by atoms with Gasteiger partial charge in [-0.3, -0.25) is 0 Å². The maximum atomic E-state index is 12.7. The highest BCUT2D eigenvalue weighted by Gasteiger charge is 2.28. The van der Waals surface area contributed by atoms with E-state index in [1.165, 1.54) is 4.31 Å². The Labute approximate surface area is 133 Å². The number of rotatable bonds is 6. The summed E-state index contributed by atoms with van der Waals surface area (Å²) >= 11 is 3.29. The van der Waals surface area contributed by atoms with Crippen LogP contribution < -0.4 is 0 Å². The van der Waals surface area contributed by atoms with Gasteiger partial charge in [0.1, 0.15) is 0 Å². The Hall–Kier alpha value is -0.940. The monoisotopic (exact) mass is 372 g/mol. The summed E-state index contributed by atoms with van der Waals surface area (Å²) in [6, 6.07) is 8.52. The molecule has 1 aromatic carbocycles. The minimum absolute atomic E-state index is 0.0751. The van der Waals surface area contributed by atoms with Crippen molar-refractivity contribution in [2.75, 3.05) is 19.7 Å². The molecule has 0 radical (unpaired) electrons. The second kappa shape index (κ2) is 7.36. The molecule has 1 aliphatic heterocycles. The van der Waals surface area contributed by atoms with E-state index in [9.17, 15) is 8.42 Å². The van der Waals surface area contributed by atoms with E-state index in [2.05, 4.69) is 15.9 Å². The van der Waals surface area contributed by atoms with Crippen molar-refractivity contribution < 1.29 is 13.2 Å². The van der Waals surface area contributed by atoms with Crippen LogP contribution in [0.15, 0.2) is 33.6 Å². The largest absolute Gasteiger partial charge is 0.377 e. The highest BCUT2D eigenvalue weighted by atomic mass is 79.9. The highest BCUT2D eigenvalue weighted by Crippen LogP contribution is 2.21. The molecule has 114 valence electrons. The first-order chi connectivity index (χ1) is 10.0. The molecule has 0 aromatic heterocycles. The van der Waals surface area contributed by atoms with Gasteiger partial charge in [-0.1, -0.05) is 15.9 Å². The molecule has 1 atom stereocenters. The number of ether oxygens (including phenoxy) is 1. The third kappa shape index (κ3) is 4.27. The fraction of sp³-hybridized carbons (Fsp3) is 0.500. The van der Waals surface area contributed by atoms with Crippen LogP contribution in [0.3, 0.4) is 0 Å². The lowest BCUT2D eigenvalue weighted by Crippen LogP contribution is -2.38. The maximum Gasteiger partial charge on any atom is 0.243 e. The topological polar surface area (TPSA) is 70.4 Å². The number of hydrogen-bond acceptors (Lipinski definition) is 4. The Kier molecular flexibility index (Phi) is 5.76. The Balaban J connectivity index is 2.20. The van der Waals surface area contributed by atoms with E-state index < -0.39 is 10.0 Å². The molecule has 0 aliphatic carbocycles. The van der Waals surface area contributed by atoms with Gasteiger partial charge >= 0.3 is 0 Å². The predicted molar refractivity (Wildman–Crippen MR) is 82.1 cm³/mol. The predicted octanol–water partition coefficient (Wildman–Crippen LogP) is 2.53. The molecular formula is C14H17BrN2O3S. The lowest BCUT2D eigenvalue weighted by atomic mass is 10.2. The summed E-state index contributed by atoms with van der Waals surface area (Å²) in [6.07, 6.45) is 1.91. The Morgan fingerprint density at radius 2 is 2.10 bits per heavy atom. The van der Waals surface area contributed by atoms with Crippen LogP contribution >= 0.6 is 15.9 Å². The highest BCUT2D eigenvalue weighted by molar-refractivity contribution is 9.10. The summed E-state index contributed by atoms with van der Waals surface area (Å²) in [5, 5.41) is 8.74. The molecule has 0 spiro atoms. The zero-order chi connectivity index (χ0) is 15.3. The van der Waals surface area contributed by atoms with Crippen LogP contribution in [0.4, 0.5) is 0 Å². The minimum atomic E-state index is -3.60. The van der Waals surface area contributed by atoms with E-state index in [0.717, 1.165) is 17.3 Å². The summed E-state index contributed by atoms with van der Waals surface area (Å²) in [7, 11) is -3.60. The van der Waals surface area contributed by atoms with Crippen molar-refractivity contribution in [3.8, 4) is 6.07 Å². The molecular weight excluding hydrogens is 356 g/mol. The zero-order valence-corrected chi connectivity index (χ0v) is 13.9. The molecule has 1 heterocycles. The number of sulfonamides is 1. The molecule has 0 bridgehead atoms. The number of nitriles is 1. The third-order valence-corrected chi connectivity index (χ3v) is 5.76. The SMILES string of the molecule is N#CCCN(C[C@@H]1CCCO1)S(=O)(=O)c1ccc(Br)cc1. The third-order valence-electron chi connectivity index (χ3n) is 3.36. The van der Waals surface area contributed by atoms with Crippen molar-refractivity contribution in [2.24, 2.45) is 0 Å². The molecule has 7 heteroatoms. The lowest BCUT2D eigenvalue weighted by Gasteiger charge is -2.24. The standard InChI is InChI=1S/C14H17BrN2O3S/c15-12-4-6-14(7-5-12)21(18,19)17(9-2-8-16)11-13-3-1-10-20-13/h4-7,13H,1-3,9-11H2/t13-/m0/s1. The van der Waals surface area contributed by atoms with Crippen molar-refractivity contribution in [3.05, 3.63) is 28.7 Å². The van der Waals surface area contributed by atoms with Gasteiger partial charge in [0.15, 0.2) is 0 Å². The van der Waals surface area contributed by atoms with Crippen molar-refractivity contribution in [2.45, 2.75) is 30.3 Å². The fourth-order valence-corrected chi connectivity index (χ4v) is 3.99. The molecule has 1 fully saturated rings. The number of hydrogen-bond donors (Lipinski definition) is 0. The Bertz CT molecular complexity index is 604. The van der Waals surface area contributed by atoms with Crippen molar-refractivity contribution in [1.82, 2.24) is 4.31 Å². The summed E-state index contributed by atoms with van der Waals surface area (Å²) < 4.78 is 33.1. The molecule has 21 heavy (non-hydrogen) atoms. The maximum absolute atomic E-state index is 12.7. The van der Waals surface area contributed by atoms with Crippen molar-refractivity contribution in [1.29, 1.82) is 5.26 Å². The summed E-state index contributed by atoms with van der Waals surface area (Å²) in [5.41, 5.74) is 0. The number of nitrogens with zero attached hydrogens (tertiary/aromatic N) is 2. The molecule has 1 saturated heterocycles. The molecule has 0 amide bonds. The molecule has 0 saturated carbocycles. The lowest BCUT2D eigenvalue weighted by molar-refractivity contribution is 0.0941. The average Bonchev–Trinajstić information content (AvgIpc) is 2.96. The molecule has 0 unspecified atom stereocenters. The van der Waals surface area contributed by atoms with Gasteiger partial charge in [0.05, 0.1) is 17.1 Å². The quantitative estimate of drug-likeness (QED) is 0.768. The number of benzene rings is 1. The first kappa shape index (κ1) is 16.4. The normalized spacial score (nSPS) is 18.8. The van der Waals surface area contributed by atoms with Crippen LogP contribution in [0.1, 0.15) is 19.3 Å². The average molecular weight is 373 g/mol. The van der Waals surface area contributed by atoms with Crippen LogP contribution in [0.2, 0.25) is 0 Å². The molecule has 5 nitrogen and oxygen atoms in total. The van der Waals surface area contributed by atoms with E-state index in [1.54, 1.807) is 24.3 Å². The fourth-order valence-electron chi connectivity index (χ4n) is 2.26. The first-order valence-electron chi connectivity index (χ1n) is 6.78. The van der Waals surface area contributed by atoms with Crippen molar-refractivity contribution in [3.63, 3.8) is 0 Å². The second-order valence-corrected chi connectivity index (χ2v) is 7.71. The molecule has 2 rings (SSSR count). The number of halogens is 1. The minimum Gasteiger partial charge on any atom is -0.377 e. The summed E-state index contributed by atoms with van der Waals surface area (Å²) in [6.45, 7) is 1.17. The van der Waals surface area contributed by atoms with E-state index >= 15 is 0 Å². The van der Waals surface area contributed by atoms with Crippen molar-refractivity contribution >= 4 is 26.0 Å². The van der Waals surface area contributed by atoms with Gasteiger partial charge in [-0.05, 0) is 37.1 Å². The first-order valence-corrected chi connectivity index (χ1v) is 9.01. The van der Waals surface area contributed by atoms with Crippen LogP contribution in [0, 0.1) is 11.3 Å². The molecule has 1 aromatic rings. The van der Waals surface area contributed by atoms with Gasteiger partial charge in [-0.15, -0.1) is 0 Å². The van der Waals surface area contributed by atoms with Gasteiger partial charge in [-0.25, -0.2) is 8.42 Å². The van der Waals surface area contributed by atoms with Crippen LogP contribution in [-0.2, 0) is 14.8 Å². The van der Waals surface area contributed by atoms with Crippen LogP contribution in [0.25, 0.3) is 0 Å². The van der Waals surface area contributed by atoms with Gasteiger partial charge in [0.2, 0.25) is 10.0 Å². The van der Waals surface area contributed by atoms with E-state index in [0.29, 0.717) is 13.2 Å². The summed E-state index contributed by atoms with van der Waals surface area (Å²) in [4.78, 5) is 0.238.